The summed E-state index contributed by atoms with van der Waals surface area (Å²) in [5.74, 6) is 0. The van der Waals surface area contributed by atoms with Gasteiger partial charge in [-0.05, 0) is 14.0 Å². The van der Waals surface area contributed by atoms with Crippen LogP contribution in [0.15, 0.2) is 12.2 Å². The standard InChI is InChI=1S/C6H11N/c1-5(2)6-4-7(6)3/h6H,1,4H2,2-3H3. The molecule has 1 heteroatoms. The Balaban J connectivity index is 2.33. The Kier molecular flexibility index (Phi) is 0.927. The molecule has 0 N–H and O–H groups in total. The molecular weight excluding hydrogens is 86.1 g/mol. The molecule has 40 valence electrons. The summed E-state index contributed by atoms with van der Waals surface area (Å²) in [4.78, 5) is 2.27. The van der Waals surface area contributed by atoms with Crippen LogP contribution in [0, 0.1) is 0 Å². The Morgan fingerprint density at radius 1 is 1.86 bits per heavy atom. The van der Waals surface area contributed by atoms with E-state index >= 15 is 0 Å². The Bertz CT molecular complexity index is 96.4. The third-order valence-corrected chi connectivity index (χ3v) is 1.43. The summed E-state index contributed by atoms with van der Waals surface area (Å²) in [6.45, 7) is 7.12. The monoisotopic (exact) mass is 97.1 g/mol. The number of rotatable bonds is 1. The quantitative estimate of drug-likeness (QED) is 0.346. The maximum absolute atomic E-state index is 3.83. The Morgan fingerprint density at radius 3 is 2.29 bits per heavy atom. The fraction of sp³-hybridized carbons (Fsp3) is 0.667. The lowest BCUT2D eigenvalue weighted by Gasteiger charge is -1.89. The minimum Gasteiger partial charge on any atom is -0.297 e. The van der Waals surface area contributed by atoms with Gasteiger partial charge in [0, 0.05) is 12.6 Å². The van der Waals surface area contributed by atoms with Crippen molar-refractivity contribution in [1.82, 2.24) is 4.90 Å². The molecule has 1 heterocycles. The summed E-state index contributed by atoms with van der Waals surface area (Å²) in [6.07, 6.45) is 0. The van der Waals surface area contributed by atoms with Crippen LogP contribution in [0.1, 0.15) is 6.92 Å². The molecule has 2 atom stereocenters. The second kappa shape index (κ2) is 1.34. The summed E-state index contributed by atoms with van der Waals surface area (Å²) in [6, 6.07) is 0.708. The maximum atomic E-state index is 3.83. The van der Waals surface area contributed by atoms with Gasteiger partial charge in [-0.3, -0.25) is 4.90 Å². The van der Waals surface area contributed by atoms with Crippen molar-refractivity contribution >= 4 is 0 Å². The van der Waals surface area contributed by atoms with Crippen molar-refractivity contribution in [3.8, 4) is 0 Å². The van der Waals surface area contributed by atoms with Gasteiger partial charge >= 0.3 is 0 Å². The molecule has 2 unspecified atom stereocenters. The van der Waals surface area contributed by atoms with Crippen LogP contribution < -0.4 is 0 Å². The molecular formula is C6H11N. The third-order valence-electron chi connectivity index (χ3n) is 1.43. The molecule has 1 rings (SSSR count). The normalized spacial score (nSPS) is 38.0. The first-order valence-electron chi connectivity index (χ1n) is 2.57. The van der Waals surface area contributed by atoms with E-state index in [1.54, 1.807) is 0 Å². The van der Waals surface area contributed by atoms with Crippen LogP contribution >= 0.6 is 0 Å². The van der Waals surface area contributed by atoms with E-state index in [9.17, 15) is 0 Å². The second-order valence-electron chi connectivity index (χ2n) is 2.30. The summed E-state index contributed by atoms with van der Waals surface area (Å²) in [5.41, 5.74) is 1.29. The fourth-order valence-electron chi connectivity index (χ4n) is 0.758. The van der Waals surface area contributed by atoms with Crippen LogP contribution in [0.25, 0.3) is 0 Å². The van der Waals surface area contributed by atoms with E-state index < -0.39 is 0 Å². The fourth-order valence-corrected chi connectivity index (χ4v) is 0.758. The minimum atomic E-state index is 0.708. The first-order chi connectivity index (χ1) is 3.22. The minimum absolute atomic E-state index is 0.708. The molecule has 0 amide bonds. The van der Waals surface area contributed by atoms with Gasteiger partial charge in [-0.15, -0.1) is 0 Å². The van der Waals surface area contributed by atoms with Crippen molar-refractivity contribution < 1.29 is 0 Å². The zero-order chi connectivity index (χ0) is 5.44. The molecule has 1 nitrogen and oxygen atoms in total. The highest BCUT2D eigenvalue weighted by atomic mass is 15.3. The number of likely N-dealkylation sites (N-methyl/N-ethyl adjacent to an activating group) is 1. The Hall–Kier alpha value is -0.300. The summed E-state index contributed by atoms with van der Waals surface area (Å²) >= 11 is 0. The maximum Gasteiger partial charge on any atom is 0.0427 e. The van der Waals surface area contributed by atoms with Gasteiger partial charge in [0.15, 0.2) is 0 Å². The van der Waals surface area contributed by atoms with E-state index in [0.717, 1.165) is 0 Å². The zero-order valence-corrected chi connectivity index (χ0v) is 4.94. The second-order valence-corrected chi connectivity index (χ2v) is 2.30. The van der Waals surface area contributed by atoms with Crippen LogP contribution in [-0.2, 0) is 0 Å². The van der Waals surface area contributed by atoms with Crippen molar-refractivity contribution in [2.24, 2.45) is 0 Å². The molecule has 0 aliphatic carbocycles. The molecule has 1 fully saturated rings. The first-order valence-corrected chi connectivity index (χ1v) is 2.57. The highest BCUT2D eigenvalue weighted by molar-refractivity contribution is 5.11. The Labute approximate surface area is 44.6 Å². The van der Waals surface area contributed by atoms with E-state index in [4.69, 9.17) is 0 Å². The smallest absolute Gasteiger partial charge is 0.0427 e. The molecule has 0 aromatic heterocycles. The van der Waals surface area contributed by atoms with Crippen LogP contribution in [0.3, 0.4) is 0 Å². The van der Waals surface area contributed by atoms with Crippen LogP contribution in [0.5, 0.6) is 0 Å². The first kappa shape index (κ1) is 4.85. The van der Waals surface area contributed by atoms with Gasteiger partial charge in [0.05, 0.1) is 0 Å². The highest BCUT2D eigenvalue weighted by Crippen LogP contribution is 2.19. The molecule has 0 bridgehead atoms. The molecule has 0 spiro atoms. The third kappa shape index (κ3) is 0.829. The van der Waals surface area contributed by atoms with Crippen molar-refractivity contribution in [3.05, 3.63) is 12.2 Å². The lowest BCUT2D eigenvalue weighted by Crippen LogP contribution is -1.92. The number of nitrogens with zero attached hydrogens (tertiary/aromatic N) is 1. The van der Waals surface area contributed by atoms with Gasteiger partial charge in [-0.1, -0.05) is 12.2 Å². The number of hydrogen-bond donors (Lipinski definition) is 0. The van der Waals surface area contributed by atoms with E-state index in [0.29, 0.717) is 6.04 Å². The van der Waals surface area contributed by atoms with E-state index in [2.05, 4.69) is 25.5 Å². The van der Waals surface area contributed by atoms with Crippen molar-refractivity contribution in [2.45, 2.75) is 13.0 Å². The zero-order valence-electron chi connectivity index (χ0n) is 4.94. The average Bonchev–Trinajstić information content (AvgIpc) is 2.17. The molecule has 1 aliphatic rings. The molecule has 0 saturated carbocycles. The summed E-state index contributed by atoms with van der Waals surface area (Å²) in [5, 5.41) is 0. The predicted octanol–water partition coefficient (Wildman–Crippen LogP) is 0.876. The predicted molar refractivity (Wildman–Crippen MR) is 31.2 cm³/mol. The lowest BCUT2D eigenvalue weighted by atomic mass is 10.3. The van der Waals surface area contributed by atoms with Gasteiger partial charge in [0.2, 0.25) is 0 Å². The summed E-state index contributed by atoms with van der Waals surface area (Å²) in [7, 11) is 2.11. The van der Waals surface area contributed by atoms with E-state index in [1.807, 2.05) is 0 Å². The van der Waals surface area contributed by atoms with E-state index in [-0.39, 0.29) is 0 Å². The van der Waals surface area contributed by atoms with Gasteiger partial charge < -0.3 is 0 Å². The van der Waals surface area contributed by atoms with Gasteiger partial charge in [-0.2, -0.15) is 0 Å². The number of hydrogen-bond acceptors (Lipinski definition) is 1. The van der Waals surface area contributed by atoms with Gasteiger partial charge in [0.25, 0.3) is 0 Å². The molecule has 0 radical (unpaired) electrons. The topological polar surface area (TPSA) is 3.01 Å². The van der Waals surface area contributed by atoms with E-state index in [1.165, 1.54) is 12.1 Å². The molecule has 0 aromatic rings. The largest absolute Gasteiger partial charge is 0.297 e. The van der Waals surface area contributed by atoms with Crippen molar-refractivity contribution in [1.29, 1.82) is 0 Å². The molecule has 7 heavy (non-hydrogen) atoms. The molecule has 1 aliphatic heterocycles. The molecule has 0 aromatic carbocycles. The average molecular weight is 97.2 g/mol. The summed E-state index contributed by atoms with van der Waals surface area (Å²) < 4.78 is 0. The lowest BCUT2D eigenvalue weighted by molar-refractivity contribution is 0.648. The van der Waals surface area contributed by atoms with Gasteiger partial charge in [-0.25, -0.2) is 0 Å². The molecule has 1 saturated heterocycles. The van der Waals surface area contributed by atoms with Gasteiger partial charge in [0.1, 0.15) is 0 Å². The highest BCUT2D eigenvalue weighted by Gasteiger charge is 2.29. The van der Waals surface area contributed by atoms with Crippen molar-refractivity contribution in [2.75, 3.05) is 13.6 Å². The Morgan fingerprint density at radius 2 is 2.29 bits per heavy atom. The van der Waals surface area contributed by atoms with Crippen LogP contribution in [0.2, 0.25) is 0 Å². The van der Waals surface area contributed by atoms with Crippen LogP contribution in [0.4, 0.5) is 0 Å². The SMILES string of the molecule is C=C(C)C1CN1C. The van der Waals surface area contributed by atoms with Crippen LogP contribution in [-0.4, -0.2) is 24.5 Å². The van der Waals surface area contributed by atoms with Crippen molar-refractivity contribution in [3.63, 3.8) is 0 Å².